The van der Waals surface area contributed by atoms with Crippen molar-refractivity contribution in [2.24, 2.45) is 7.05 Å². The number of halogens is 3. The van der Waals surface area contributed by atoms with Crippen LogP contribution in [-0.2, 0) is 13.2 Å². The molecule has 0 fully saturated rings. The normalized spacial score (nSPS) is 11.4. The molecule has 4 aromatic rings. The van der Waals surface area contributed by atoms with Gasteiger partial charge in [0.1, 0.15) is 11.2 Å². The number of alkyl halides is 3. The van der Waals surface area contributed by atoms with E-state index < -0.39 is 29.1 Å². The molecule has 0 saturated heterocycles. The van der Waals surface area contributed by atoms with Gasteiger partial charge in [-0.1, -0.05) is 12.1 Å². The lowest BCUT2D eigenvalue weighted by atomic mass is 10.0. The molecule has 0 unspecified atom stereocenters. The third-order valence-electron chi connectivity index (χ3n) is 5.22. The molecule has 0 aliphatic carbocycles. The summed E-state index contributed by atoms with van der Waals surface area (Å²) in [6, 6.07) is 11.7. The minimum Gasteiger partial charge on any atom is -0.346 e. The van der Waals surface area contributed by atoms with Crippen LogP contribution in [0.4, 0.5) is 18.9 Å². The van der Waals surface area contributed by atoms with Gasteiger partial charge in [-0.3, -0.25) is 19.6 Å². The van der Waals surface area contributed by atoms with Gasteiger partial charge in [0, 0.05) is 35.4 Å². The van der Waals surface area contributed by atoms with Crippen molar-refractivity contribution in [1.82, 2.24) is 15.0 Å². The van der Waals surface area contributed by atoms with E-state index in [0.29, 0.717) is 16.6 Å². The summed E-state index contributed by atoms with van der Waals surface area (Å²) in [7, 11) is 1.46. The number of amides is 2. The fourth-order valence-electron chi connectivity index (χ4n) is 3.52. The number of carbonyl (C=O) groups excluding carboxylic acids is 2. The molecule has 2 aromatic heterocycles. The second kappa shape index (κ2) is 8.52. The molecule has 4 N–H and O–H groups in total. The lowest BCUT2D eigenvalue weighted by Crippen LogP contribution is -2.18. The maximum atomic E-state index is 13.2. The van der Waals surface area contributed by atoms with E-state index in [1.54, 1.807) is 0 Å². The van der Waals surface area contributed by atoms with E-state index >= 15 is 0 Å². The number of rotatable bonds is 4. The number of hydrogen-bond donors (Lipinski definition) is 4. The largest absolute Gasteiger partial charge is 0.416 e. The number of benzene rings is 2. The molecular weight excluding hydrogens is 453 g/mol. The van der Waals surface area contributed by atoms with Crippen LogP contribution in [0.3, 0.4) is 0 Å². The summed E-state index contributed by atoms with van der Waals surface area (Å²) in [5, 5.41) is 11.6. The Morgan fingerprint density at radius 1 is 1.03 bits per heavy atom. The number of nitrogens with zero attached hydrogens (tertiary/aromatic N) is 1. The van der Waals surface area contributed by atoms with Crippen LogP contribution in [0.1, 0.15) is 26.4 Å². The third kappa shape index (κ3) is 4.28. The lowest BCUT2D eigenvalue weighted by molar-refractivity contribution is -0.137. The first-order chi connectivity index (χ1) is 16.1. The van der Waals surface area contributed by atoms with Crippen LogP contribution in [0.15, 0.2) is 65.6 Å². The van der Waals surface area contributed by atoms with Gasteiger partial charge in [0.2, 0.25) is 0 Å². The summed E-state index contributed by atoms with van der Waals surface area (Å²) in [6.07, 6.45) is -3.12. The molecule has 0 radical (unpaired) electrons. The van der Waals surface area contributed by atoms with Crippen molar-refractivity contribution in [2.45, 2.75) is 6.18 Å². The monoisotopic (exact) mass is 470 g/mol. The summed E-state index contributed by atoms with van der Waals surface area (Å²) in [4.78, 5) is 39.6. The van der Waals surface area contributed by atoms with Gasteiger partial charge in [-0.15, -0.1) is 0 Å². The number of anilines is 1. The Morgan fingerprint density at radius 3 is 2.38 bits per heavy atom. The van der Waals surface area contributed by atoms with Crippen LogP contribution in [0, 0.1) is 0 Å². The number of aromatic nitrogens is 2. The molecule has 174 valence electrons. The number of fused-ring (bicyclic) bond motifs is 1. The van der Waals surface area contributed by atoms with Crippen molar-refractivity contribution < 1.29 is 28.0 Å². The van der Waals surface area contributed by atoms with Gasteiger partial charge >= 0.3 is 6.18 Å². The minimum atomic E-state index is -4.54. The molecule has 2 aromatic carbocycles. The average molecular weight is 470 g/mol. The van der Waals surface area contributed by atoms with E-state index in [1.165, 1.54) is 65.8 Å². The van der Waals surface area contributed by atoms with Gasteiger partial charge in [-0.2, -0.15) is 13.2 Å². The van der Waals surface area contributed by atoms with E-state index in [-0.39, 0.29) is 22.3 Å². The van der Waals surface area contributed by atoms with Gasteiger partial charge in [0.25, 0.3) is 17.4 Å². The molecule has 2 heterocycles. The molecule has 11 heteroatoms. The summed E-state index contributed by atoms with van der Waals surface area (Å²) in [6.45, 7) is 0. The number of aromatic amines is 1. The molecule has 0 aliphatic rings. The molecule has 0 saturated carbocycles. The van der Waals surface area contributed by atoms with Crippen molar-refractivity contribution in [3.63, 3.8) is 0 Å². The van der Waals surface area contributed by atoms with Gasteiger partial charge in [0.05, 0.1) is 5.56 Å². The highest BCUT2D eigenvalue weighted by Crippen LogP contribution is 2.34. The first-order valence-electron chi connectivity index (χ1n) is 9.84. The highest BCUT2D eigenvalue weighted by Gasteiger charge is 2.30. The Bertz CT molecular complexity index is 1470. The van der Waals surface area contributed by atoms with Crippen LogP contribution in [-0.4, -0.2) is 26.6 Å². The quantitative estimate of drug-likeness (QED) is 0.267. The van der Waals surface area contributed by atoms with Gasteiger partial charge < -0.3 is 14.9 Å². The molecule has 4 rings (SSSR count). The van der Waals surface area contributed by atoms with Gasteiger partial charge in [-0.25, -0.2) is 5.48 Å². The van der Waals surface area contributed by atoms with Crippen LogP contribution in [0.25, 0.3) is 22.0 Å². The number of pyridine rings is 1. The van der Waals surface area contributed by atoms with Crippen LogP contribution in [0.5, 0.6) is 0 Å². The van der Waals surface area contributed by atoms with Crippen LogP contribution in [0.2, 0.25) is 0 Å². The average Bonchev–Trinajstić information content (AvgIpc) is 3.27. The summed E-state index contributed by atoms with van der Waals surface area (Å²) >= 11 is 0. The van der Waals surface area contributed by atoms with Gasteiger partial charge in [0.15, 0.2) is 0 Å². The highest BCUT2D eigenvalue weighted by molar-refractivity contribution is 6.08. The smallest absolute Gasteiger partial charge is 0.346 e. The topological polar surface area (TPSA) is 116 Å². The lowest BCUT2D eigenvalue weighted by Gasteiger charge is -2.10. The maximum absolute atomic E-state index is 13.2. The van der Waals surface area contributed by atoms with Crippen LogP contribution < -0.4 is 16.4 Å². The fraction of sp³-hybridized carbons (Fsp3) is 0.0870. The van der Waals surface area contributed by atoms with Gasteiger partial charge in [-0.05, 0) is 48.0 Å². The maximum Gasteiger partial charge on any atom is 0.416 e. The fourth-order valence-corrected chi connectivity index (χ4v) is 3.52. The summed E-state index contributed by atoms with van der Waals surface area (Å²) in [5.41, 5.74) is 1.38. The number of nitrogens with one attached hydrogen (secondary N) is 3. The standard InChI is InChI=1S/C23H17F3N4O4/c1-30-11-17(13-3-2-4-14(9-13)23(24,25)26)16-10-18(28-19(16)22(30)33)21(32)27-15-7-5-12(6-8-15)20(31)29-34/h2-11,28,34H,1H3,(H,27,32)(H,29,31). The number of aryl methyl sites for hydroxylation is 1. The zero-order valence-corrected chi connectivity index (χ0v) is 17.5. The van der Waals surface area contributed by atoms with E-state index in [1.807, 2.05) is 0 Å². The highest BCUT2D eigenvalue weighted by atomic mass is 19.4. The van der Waals surface area contributed by atoms with Crippen molar-refractivity contribution in [3.05, 3.63) is 88.0 Å². The van der Waals surface area contributed by atoms with E-state index in [0.717, 1.165) is 12.1 Å². The Morgan fingerprint density at radius 2 is 1.74 bits per heavy atom. The third-order valence-corrected chi connectivity index (χ3v) is 5.22. The Balaban J connectivity index is 1.73. The van der Waals surface area contributed by atoms with Crippen molar-refractivity contribution in [2.75, 3.05) is 5.32 Å². The zero-order valence-electron chi connectivity index (χ0n) is 17.5. The number of hydroxylamine groups is 1. The molecule has 0 spiro atoms. The van der Waals surface area contributed by atoms with Crippen LogP contribution >= 0.6 is 0 Å². The Kier molecular flexibility index (Phi) is 5.71. The molecular formula is C23H17F3N4O4. The number of carbonyl (C=O) groups is 2. The second-order valence-electron chi connectivity index (χ2n) is 7.48. The molecule has 0 bridgehead atoms. The second-order valence-corrected chi connectivity index (χ2v) is 7.48. The summed E-state index contributed by atoms with van der Waals surface area (Å²) < 4.78 is 40.8. The molecule has 0 atom stereocenters. The SMILES string of the molecule is Cn1cc(-c2cccc(C(F)(F)F)c2)c2cc(C(=O)Nc3ccc(C(=O)NO)cc3)[nH]c2c1=O. The van der Waals surface area contributed by atoms with E-state index in [9.17, 15) is 27.6 Å². The van der Waals surface area contributed by atoms with Crippen molar-refractivity contribution >= 4 is 28.4 Å². The number of hydrogen-bond acceptors (Lipinski definition) is 4. The molecule has 8 nitrogen and oxygen atoms in total. The Labute approximate surface area is 189 Å². The minimum absolute atomic E-state index is 0.0173. The van der Waals surface area contributed by atoms with Crippen molar-refractivity contribution in [1.29, 1.82) is 0 Å². The zero-order chi connectivity index (χ0) is 24.6. The van der Waals surface area contributed by atoms with E-state index in [2.05, 4.69) is 10.3 Å². The molecule has 0 aliphatic heterocycles. The predicted octanol–water partition coefficient (Wildman–Crippen LogP) is 3.92. The summed E-state index contributed by atoms with van der Waals surface area (Å²) in [5.74, 6) is -1.32. The molecule has 2 amide bonds. The van der Waals surface area contributed by atoms with Crippen molar-refractivity contribution in [3.8, 4) is 11.1 Å². The first kappa shape index (κ1) is 22.8. The van der Waals surface area contributed by atoms with E-state index in [4.69, 9.17) is 5.21 Å². The number of H-pyrrole nitrogens is 1. The Hall–Kier alpha value is -4.38. The molecule has 34 heavy (non-hydrogen) atoms. The predicted molar refractivity (Wildman–Crippen MR) is 118 cm³/mol. The first-order valence-corrected chi connectivity index (χ1v) is 9.84.